The van der Waals surface area contributed by atoms with Crippen molar-refractivity contribution in [2.45, 2.75) is 26.2 Å². The van der Waals surface area contributed by atoms with Crippen LogP contribution in [-0.2, 0) is 6.42 Å². The Hall–Kier alpha value is -1.68. The van der Waals surface area contributed by atoms with Crippen molar-refractivity contribution < 1.29 is 4.39 Å². The highest BCUT2D eigenvalue weighted by Crippen LogP contribution is 2.20. The molecule has 2 rings (SSSR count). The molecule has 0 fully saturated rings. The number of hydrogen-bond donors (Lipinski definition) is 1. The van der Waals surface area contributed by atoms with E-state index in [0.29, 0.717) is 24.6 Å². The van der Waals surface area contributed by atoms with Gasteiger partial charge in [0.15, 0.2) is 0 Å². The summed E-state index contributed by atoms with van der Waals surface area (Å²) in [4.78, 5) is 0. The molecule has 1 heterocycles. The number of halogens is 1. The van der Waals surface area contributed by atoms with E-state index in [4.69, 9.17) is 5.73 Å². The Morgan fingerprint density at radius 1 is 1.33 bits per heavy atom. The lowest BCUT2D eigenvalue weighted by molar-refractivity contribution is 0.604. The number of nitrogens with two attached hydrogens (primary N) is 1. The molecule has 0 aliphatic carbocycles. The first-order chi connectivity index (χ1) is 8.63. The van der Waals surface area contributed by atoms with Crippen molar-refractivity contribution in [2.24, 2.45) is 5.73 Å². The van der Waals surface area contributed by atoms with Gasteiger partial charge in [0.2, 0.25) is 0 Å². The zero-order valence-electron chi connectivity index (χ0n) is 10.7. The van der Waals surface area contributed by atoms with Crippen LogP contribution in [0.2, 0.25) is 0 Å². The predicted molar refractivity (Wildman–Crippen MR) is 70.4 cm³/mol. The Labute approximate surface area is 106 Å². The molecule has 0 unspecified atom stereocenters. The molecule has 0 radical (unpaired) electrons. The van der Waals surface area contributed by atoms with Gasteiger partial charge in [-0.15, -0.1) is 0 Å². The van der Waals surface area contributed by atoms with Gasteiger partial charge in [0.1, 0.15) is 11.5 Å². The first kappa shape index (κ1) is 12.8. The third kappa shape index (κ3) is 2.43. The fourth-order valence-corrected chi connectivity index (χ4v) is 1.94. The maximum absolute atomic E-state index is 14.0. The molecule has 0 saturated carbocycles. The van der Waals surface area contributed by atoms with Gasteiger partial charge < -0.3 is 5.73 Å². The summed E-state index contributed by atoms with van der Waals surface area (Å²) >= 11 is 0. The highest BCUT2D eigenvalue weighted by atomic mass is 19.1. The quantitative estimate of drug-likeness (QED) is 0.902. The molecule has 0 aliphatic heterocycles. The van der Waals surface area contributed by atoms with Gasteiger partial charge in [-0.05, 0) is 36.6 Å². The number of hydrogen-bond acceptors (Lipinski definition) is 2. The lowest BCUT2D eigenvalue weighted by Gasteiger charge is -2.10. The van der Waals surface area contributed by atoms with E-state index in [1.807, 2.05) is 12.1 Å². The SMILES string of the molecule is CC(C)c1ccn(-c2c(F)cccc2CCN)n1. The van der Waals surface area contributed by atoms with Crippen LogP contribution < -0.4 is 5.73 Å². The van der Waals surface area contributed by atoms with Crippen molar-refractivity contribution in [1.82, 2.24) is 9.78 Å². The molecule has 1 aromatic carbocycles. The second-order valence-electron chi connectivity index (χ2n) is 4.63. The van der Waals surface area contributed by atoms with Gasteiger partial charge in [-0.2, -0.15) is 5.10 Å². The Morgan fingerprint density at radius 2 is 2.11 bits per heavy atom. The van der Waals surface area contributed by atoms with Crippen molar-refractivity contribution >= 4 is 0 Å². The average molecular weight is 247 g/mol. The van der Waals surface area contributed by atoms with Crippen LogP contribution in [-0.4, -0.2) is 16.3 Å². The average Bonchev–Trinajstić information content (AvgIpc) is 2.79. The Bertz CT molecular complexity index is 532. The molecule has 3 nitrogen and oxygen atoms in total. The molecule has 18 heavy (non-hydrogen) atoms. The van der Waals surface area contributed by atoms with Crippen LogP contribution in [0.25, 0.3) is 5.69 Å². The molecule has 96 valence electrons. The van der Waals surface area contributed by atoms with Crippen molar-refractivity contribution in [1.29, 1.82) is 0 Å². The van der Waals surface area contributed by atoms with Gasteiger partial charge >= 0.3 is 0 Å². The first-order valence-electron chi connectivity index (χ1n) is 6.17. The summed E-state index contributed by atoms with van der Waals surface area (Å²) < 4.78 is 15.6. The molecule has 1 aromatic heterocycles. The van der Waals surface area contributed by atoms with E-state index in [-0.39, 0.29) is 5.82 Å². The van der Waals surface area contributed by atoms with E-state index in [1.165, 1.54) is 6.07 Å². The van der Waals surface area contributed by atoms with Crippen LogP contribution in [0.1, 0.15) is 31.0 Å². The molecule has 2 aromatic rings. The summed E-state index contributed by atoms with van der Waals surface area (Å²) in [5.41, 5.74) is 7.91. The largest absolute Gasteiger partial charge is 0.330 e. The molecule has 0 amide bonds. The third-order valence-corrected chi connectivity index (χ3v) is 2.91. The Balaban J connectivity index is 2.48. The summed E-state index contributed by atoms with van der Waals surface area (Å²) in [5, 5.41) is 4.42. The van der Waals surface area contributed by atoms with E-state index in [0.717, 1.165) is 11.3 Å². The lowest BCUT2D eigenvalue weighted by atomic mass is 10.1. The fourth-order valence-electron chi connectivity index (χ4n) is 1.94. The molecule has 2 N–H and O–H groups in total. The van der Waals surface area contributed by atoms with Crippen molar-refractivity contribution in [3.05, 3.63) is 47.5 Å². The van der Waals surface area contributed by atoms with Gasteiger partial charge in [0.05, 0.1) is 5.69 Å². The first-order valence-corrected chi connectivity index (χ1v) is 6.17. The van der Waals surface area contributed by atoms with E-state index < -0.39 is 0 Å². The molecular weight excluding hydrogens is 229 g/mol. The van der Waals surface area contributed by atoms with Crippen molar-refractivity contribution in [2.75, 3.05) is 6.54 Å². The van der Waals surface area contributed by atoms with Crippen LogP contribution >= 0.6 is 0 Å². The minimum atomic E-state index is -0.264. The number of nitrogens with zero attached hydrogens (tertiary/aromatic N) is 2. The van der Waals surface area contributed by atoms with Crippen LogP contribution in [0.3, 0.4) is 0 Å². The van der Waals surface area contributed by atoms with E-state index in [2.05, 4.69) is 18.9 Å². The standard InChI is InChI=1S/C14H18FN3/c1-10(2)13-7-9-18(17-13)14-11(6-8-16)4-3-5-12(14)15/h3-5,7,9-10H,6,8,16H2,1-2H3. The van der Waals surface area contributed by atoms with Gasteiger partial charge in [-0.1, -0.05) is 26.0 Å². The van der Waals surface area contributed by atoms with Crippen LogP contribution in [0, 0.1) is 5.82 Å². The fraction of sp³-hybridized carbons (Fsp3) is 0.357. The van der Waals surface area contributed by atoms with E-state index >= 15 is 0 Å². The van der Waals surface area contributed by atoms with Gasteiger partial charge in [0, 0.05) is 6.20 Å². The zero-order chi connectivity index (χ0) is 13.1. The van der Waals surface area contributed by atoms with Crippen molar-refractivity contribution in [3.8, 4) is 5.69 Å². The summed E-state index contributed by atoms with van der Waals surface area (Å²) in [7, 11) is 0. The summed E-state index contributed by atoms with van der Waals surface area (Å²) in [6.07, 6.45) is 2.44. The highest BCUT2D eigenvalue weighted by molar-refractivity contribution is 5.42. The topological polar surface area (TPSA) is 43.8 Å². The smallest absolute Gasteiger partial charge is 0.149 e. The summed E-state index contributed by atoms with van der Waals surface area (Å²) in [6.45, 7) is 4.62. The van der Waals surface area contributed by atoms with Crippen LogP contribution in [0.15, 0.2) is 30.5 Å². The summed E-state index contributed by atoms with van der Waals surface area (Å²) in [5.74, 6) is 0.0651. The molecule has 0 saturated heterocycles. The predicted octanol–water partition coefficient (Wildman–Crippen LogP) is 2.64. The monoisotopic (exact) mass is 247 g/mol. The van der Waals surface area contributed by atoms with Crippen LogP contribution in [0.5, 0.6) is 0 Å². The lowest BCUT2D eigenvalue weighted by Crippen LogP contribution is -2.09. The molecule has 0 aliphatic rings. The Kier molecular flexibility index (Phi) is 3.77. The van der Waals surface area contributed by atoms with Crippen LogP contribution in [0.4, 0.5) is 4.39 Å². The number of aromatic nitrogens is 2. The van der Waals surface area contributed by atoms with E-state index in [9.17, 15) is 4.39 Å². The molecule has 0 atom stereocenters. The van der Waals surface area contributed by atoms with Crippen molar-refractivity contribution in [3.63, 3.8) is 0 Å². The minimum Gasteiger partial charge on any atom is -0.330 e. The maximum atomic E-state index is 14.0. The molecule has 4 heteroatoms. The third-order valence-electron chi connectivity index (χ3n) is 2.91. The maximum Gasteiger partial charge on any atom is 0.149 e. The second kappa shape index (κ2) is 5.31. The molecule has 0 spiro atoms. The normalized spacial score (nSPS) is 11.2. The Morgan fingerprint density at radius 3 is 2.72 bits per heavy atom. The van der Waals surface area contributed by atoms with E-state index in [1.54, 1.807) is 16.9 Å². The molecule has 0 bridgehead atoms. The van der Waals surface area contributed by atoms with Gasteiger partial charge in [-0.25, -0.2) is 9.07 Å². The van der Waals surface area contributed by atoms with Gasteiger partial charge in [0.25, 0.3) is 0 Å². The minimum absolute atomic E-state index is 0.264. The second-order valence-corrected chi connectivity index (χ2v) is 4.63. The molecular formula is C14H18FN3. The number of rotatable bonds is 4. The summed E-state index contributed by atoms with van der Waals surface area (Å²) in [6, 6.07) is 6.97. The highest BCUT2D eigenvalue weighted by Gasteiger charge is 2.12. The van der Waals surface area contributed by atoms with Gasteiger partial charge in [-0.3, -0.25) is 0 Å². The number of para-hydroxylation sites is 1. The zero-order valence-corrected chi connectivity index (χ0v) is 10.7. The number of benzene rings is 1.